The molecule has 3 aromatic rings. The second-order valence-electron chi connectivity index (χ2n) is 5.98. The van der Waals surface area contributed by atoms with E-state index in [-0.39, 0.29) is 5.91 Å². The van der Waals surface area contributed by atoms with Gasteiger partial charge in [-0.1, -0.05) is 18.2 Å². The largest absolute Gasteiger partial charge is 0.350 e. The highest BCUT2D eigenvalue weighted by Gasteiger charge is 2.09. The van der Waals surface area contributed by atoms with Gasteiger partial charge < -0.3 is 9.88 Å². The molecule has 5 nitrogen and oxygen atoms in total. The van der Waals surface area contributed by atoms with Crippen LogP contribution in [0.15, 0.2) is 36.5 Å². The van der Waals surface area contributed by atoms with Gasteiger partial charge in [0.05, 0.1) is 0 Å². The number of nitrogens with zero attached hydrogens (tertiary/aromatic N) is 3. The first-order valence-electron chi connectivity index (χ1n) is 7.88. The summed E-state index contributed by atoms with van der Waals surface area (Å²) in [5.41, 5.74) is 3.55. The van der Waals surface area contributed by atoms with Crippen LogP contribution < -0.4 is 5.32 Å². The Bertz CT molecular complexity index is 824. The predicted molar refractivity (Wildman–Crippen MR) is 92.4 cm³/mol. The molecule has 23 heavy (non-hydrogen) atoms. The SMILES string of the molecule is Cc1cc(NC(=O)CCCc2cn(C)c3ccccc23)nn1C. The van der Waals surface area contributed by atoms with Crippen LogP contribution in [0.2, 0.25) is 0 Å². The Kier molecular flexibility index (Phi) is 4.19. The number of fused-ring (bicyclic) bond motifs is 1. The van der Waals surface area contributed by atoms with E-state index in [4.69, 9.17) is 0 Å². The van der Waals surface area contributed by atoms with Crippen LogP contribution in [0.4, 0.5) is 5.82 Å². The number of benzene rings is 1. The molecule has 0 bridgehead atoms. The molecule has 0 atom stereocenters. The monoisotopic (exact) mass is 310 g/mol. The Morgan fingerprint density at radius 1 is 1.26 bits per heavy atom. The van der Waals surface area contributed by atoms with Crippen LogP contribution in [0.3, 0.4) is 0 Å². The lowest BCUT2D eigenvalue weighted by Crippen LogP contribution is -2.12. The van der Waals surface area contributed by atoms with Gasteiger partial charge in [-0.25, -0.2) is 0 Å². The second kappa shape index (κ2) is 6.28. The number of carbonyl (C=O) groups excluding carboxylic acids is 1. The molecule has 0 fully saturated rings. The molecule has 2 heterocycles. The van der Waals surface area contributed by atoms with E-state index in [0.29, 0.717) is 12.2 Å². The van der Waals surface area contributed by atoms with E-state index in [2.05, 4.69) is 52.5 Å². The molecular weight excluding hydrogens is 288 g/mol. The van der Waals surface area contributed by atoms with Crippen LogP contribution in [-0.2, 0) is 25.3 Å². The average molecular weight is 310 g/mol. The topological polar surface area (TPSA) is 51.9 Å². The van der Waals surface area contributed by atoms with Crippen molar-refractivity contribution in [1.29, 1.82) is 0 Å². The summed E-state index contributed by atoms with van der Waals surface area (Å²) in [6.45, 7) is 1.96. The Morgan fingerprint density at radius 3 is 2.78 bits per heavy atom. The van der Waals surface area contributed by atoms with E-state index in [9.17, 15) is 4.79 Å². The number of anilines is 1. The minimum atomic E-state index is 0.0170. The van der Waals surface area contributed by atoms with Crippen LogP contribution in [0.25, 0.3) is 10.9 Å². The van der Waals surface area contributed by atoms with Gasteiger partial charge in [0, 0.05) is 49.4 Å². The molecule has 0 unspecified atom stereocenters. The molecule has 120 valence electrons. The Balaban J connectivity index is 1.57. The number of amides is 1. The number of hydrogen-bond donors (Lipinski definition) is 1. The molecule has 3 rings (SSSR count). The zero-order valence-corrected chi connectivity index (χ0v) is 13.8. The summed E-state index contributed by atoms with van der Waals surface area (Å²) in [7, 11) is 3.92. The molecule has 0 saturated carbocycles. The van der Waals surface area contributed by atoms with E-state index < -0.39 is 0 Å². The van der Waals surface area contributed by atoms with Gasteiger partial charge in [0.1, 0.15) is 0 Å². The summed E-state index contributed by atoms with van der Waals surface area (Å²) < 4.78 is 3.90. The number of aryl methyl sites for hydroxylation is 4. The number of hydrogen-bond acceptors (Lipinski definition) is 2. The molecule has 5 heteroatoms. The van der Waals surface area contributed by atoms with Gasteiger partial charge in [-0.2, -0.15) is 5.10 Å². The van der Waals surface area contributed by atoms with Gasteiger partial charge in [-0.15, -0.1) is 0 Å². The van der Waals surface area contributed by atoms with Crippen LogP contribution in [0, 0.1) is 6.92 Å². The van der Waals surface area contributed by atoms with Gasteiger partial charge >= 0.3 is 0 Å². The molecule has 0 aliphatic heterocycles. The Morgan fingerprint density at radius 2 is 2.04 bits per heavy atom. The fraction of sp³-hybridized carbons (Fsp3) is 0.333. The van der Waals surface area contributed by atoms with E-state index in [1.165, 1.54) is 16.5 Å². The normalized spacial score (nSPS) is 11.1. The van der Waals surface area contributed by atoms with Crippen molar-refractivity contribution >= 4 is 22.6 Å². The standard InChI is InChI=1S/C18H22N4O/c1-13-11-17(20-22(13)3)19-18(23)10-6-7-14-12-21(2)16-9-5-4-8-15(14)16/h4-5,8-9,11-12H,6-7,10H2,1-3H3,(H,19,20,23). The van der Waals surface area contributed by atoms with E-state index in [0.717, 1.165) is 18.5 Å². The third-order valence-corrected chi connectivity index (χ3v) is 4.21. The van der Waals surface area contributed by atoms with E-state index in [1.807, 2.05) is 20.0 Å². The average Bonchev–Trinajstić information content (AvgIpc) is 3.00. The summed E-state index contributed by atoms with van der Waals surface area (Å²) >= 11 is 0. The molecule has 0 aliphatic carbocycles. The highest BCUT2D eigenvalue weighted by atomic mass is 16.1. The van der Waals surface area contributed by atoms with Gasteiger partial charge in [0.25, 0.3) is 0 Å². The molecule has 0 radical (unpaired) electrons. The van der Waals surface area contributed by atoms with Crippen molar-refractivity contribution in [2.45, 2.75) is 26.2 Å². The first-order valence-corrected chi connectivity index (χ1v) is 7.88. The lowest BCUT2D eigenvalue weighted by Gasteiger charge is -2.02. The number of carbonyl (C=O) groups is 1. The minimum Gasteiger partial charge on any atom is -0.350 e. The third kappa shape index (κ3) is 3.28. The smallest absolute Gasteiger partial charge is 0.225 e. The van der Waals surface area contributed by atoms with Gasteiger partial charge in [-0.05, 0) is 31.4 Å². The molecular formula is C18H22N4O. The first-order chi connectivity index (χ1) is 11.0. The zero-order valence-electron chi connectivity index (χ0n) is 13.8. The fourth-order valence-electron chi connectivity index (χ4n) is 2.89. The molecule has 1 N–H and O–H groups in total. The van der Waals surface area contributed by atoms with Crippen molar-refractivity contribution < 1.29 is 4.79 Å². The summed E-state index contributed by atoms with van der Waals surface area (Å²) in [4.78, 5) is 12.0. The number of rotatable bonds is 5. The molecule has 0 aliphatic rings. The first kappa shape index (κ1) is 15.3. The van der Waals surface area contributed by atoms with Crippen LogP contribution in [0.5, 0.6) is 0 Å². The lowest BCUT2D eigenvalue weighted by molar-refractivity contribution is -0.116. The maximum Gasteiger partial charge on any atom is 0.225 e. The highest BCUT2D eigenvalue weighted by molar-refractivity contribution is 5.90. The third-order valence-electron chi connectivity index (χ3n) is 4.21. The van der Waals surface area contributed by atoms with Crippen LogP contribution in [-0.4, -0.2) is 20.3 Å². The summed E-state index contributed by atoms with van der Waals surface area (Å²) in [6.07, 6.45) is 4.38. The summed E-state index contributed by atoms with van der Waals surface area (Å²) in [5.74, 6) is 0.642. The second-order valence-corrected chi connectivity index (χ2v) is 5.98. The maximum atomic E-state index is 12.0. The lowest BCUT2D eigenvalue weighted by atomic mass is 10.1. The molecule has 1 aromatic carbocycles. The summed E-state index contributed by atoms with van der Waals surface area (Å²) in [6, 6.07) is 10.2. The number of aromatic nitrogens is 3. The Hall–Kier alpha value is -2.56. The van der Waals surface area contributed by atoms with Crippen molar-refractivity contribution in [3.05, 3.63) is 47.8 Å². The van der Waals surface area contributed by atoms with E-state index >= 15 is 0 Å². The molecule has 2 aromatic heterocycles. The van der Waals surface area contributed by atoms with Crippen molar-refractivity contribution in [2.24, 2.45) is 14.1 Å². The summed E-state index contributed by atoms with van der Waals surface area (Å²) in [5, 5.41) is 8.37. The number of para-hydroxylation sites is 1. The maximum absolute atomic E-state index is 12.0. The highest BCUT2D eigenvalue weighted by Crippen LogP contribution is 2.22. The van der Waals surface area contributed by atoms with Crippen LogP contribution >= 0.6 is 0 Å². The molecule has 0 spiro atoms. The molecule has 0 saturated heterocycles. The predicted octanol–water partition coefficient (Wildman–Crippen LogP) is 3.18. The number of nitrogens with one attached hydrogen (secondary N) is 1. The van der Waals surface area contributed by atoms with Crippen molar-refractivity contribution in [3.63, 3.8) is 0 Å². The van der Waals surface area contributed by atoms with Gasteiger partial charge in [0.2, 0.25) is 5.91 Å². The van der Waals surface area contributed by atoms with E-state index in [1.54, 1.807) is 4.68 Å². The van der Waals surface area contributed by atoms with Crippen LogP contribution in [0.1, 0.15) is 24.1 Å². The van der Waals surface area contributed by atoms with Gasteiger partial charge in [-0.3, -0.25) is 9.48 Å². The quantitative estimate of drug-likeness (QED) is 0.787. The zero-order chi connectivity index (χ0) is 16.4. The molecule has 1 amide bonds. The van der Waals surface area contributed by atoms with Crippen molar-refractivity contribution in [3.8, 4) is 0 Å². The van der Waals surface area contributed by atoms with Gasteiger partial charge in [0.15, 0.2) is 5.82 Å². The van der Waals surface area contributed by atoms with Crippen molar-refractivity contribution in [1.82, 2.24) is 14.3 Å². The Labute approximate surface area is 135 Å². The fourth-order valence-corrected chi connectivity index (χ4v) is 2.89. The van der Waals surface area contributed by atoms with Crippen molar-refractivity contribution in [2.75, 3.05) is 5.32 Å². The minimum absolute atomic E-state index is 0.0170.